The third-order valence-corrected chi connectivity index (χ3v) is 6.15. The van der Waals surface area contributed by atoms with Gasteiger partial charge in [-0.15, -0.1) is 6.58 Å². The fourth-order valence-electron chi connectivity index (χ4n) is 3.14. The molecular formula is C26H22ClN3O2S. The van der Waals surface area contributed by atoms with Crippen molar-refractivity contribution in [3.63, 3.8) is 0 Å². The van der Waals surface area contributed by atoms with Crippen LogP contribution in [0.5, 0.6) is 5.75 Å². The van der Waals surface area contributed by atoms with Gasteiger partial charge in [0.2, 0.25) is 0 Å². The van der Waals surface area contributed by atoms with Crippen molar-refractivity contribution in [2.24, 2.45) is 4.99 Å². The van der Waals surface area contributed by atoms with Crippen LogP contribution in [0.4, 0.5) is 5.69 Å². The van der Waals surface area contributed by atoms with Gasteiger partial charge in [0.25, 0.3) is 5.91 Å². The van der Waals surface area contributed by atoms with Crippen LogP contribution >= 0.6 is 23.4 Å². The number of nitrogens with zero attached hydrogens (tertiary/aromatic N) is 3. The third-order valence-electron chi connectivity index (χ3n) is 4.85. The van der Waals surface area contributed by atoms with Crippen molar-refractivity contribution in [2.45, 2.75) is 13.5 Å². The molecule has 1 aliphatic heterocycles. The maximum absolute atomic E-state index is 13.0. The summed E-state index contributed by atoms with van der Waals surface area (Å²) < 4.78 is 5.95. The van der Waals surface area contributed by atoms with Gasteiger partial charge in [-0.05, 0) is 54.1 Å². The highest BCUT2D eigenvalue weighted by molar-refractivity contribution is 8.18. The van der Waals surface area contributed by atoms with Gasteiger partial charge in [0.1, 0.15) is 12.4 Å². The topological polar surface area (TPSA) is 54.8 Å². The molecule has 0 unspecified atom stereocenters. The second-order valence-corrected chi connectivity index (χ2v) is 8.80. The summed E-state index contributed by atoms with van der Waals surface area (Å²) in [6.07, 6.45) is 6.66. The fourth-order valence-corrected chi connectivity index (χ4v) is 4.30. The lowest BCUT2D eigenvalue weighted by Crippen LogP contribution is -2.29. The minimum absolute atomic E-state index is 0.130. The van der Waals surface area contributed by atoms with Gasteiger partial charge in [-0.3, -0.25) is 14.7 Å². The predicted molar refractivity (Wildman–Crippen MR) is 136 cm³/mol. The van der Waals surface area contributed by atoms with Crippen molar-refractivity contribution < 1.29 is 9.53 Å². The van der Waals surface area contributed by atoms with Gasteiger partial charge in [0.15, 0.2) is 5.17 Å². The van der Waals surface area contributed by atoms with Gasteiger partial charge in [0.05, 0.1) is 15.6 Å². The Hall–Kier alpha value is -3.35. The average Bonchev–Trinajstić information content (AvgIpc) is 3.10. The Labute approximate surface area is 202 Å². The van der Waals surface area contributed by atoms with E-state index in [0.29, 0.717) is 33.9 Å². The van der Waals surface area contributed by atoms with E-state index in [1.807, 2.05) is 30.3 Å². The summed E-state index contributed by atoms with van der Waals surface area (Å²) in [6, 6.07) is 17.6. The third kappa shape index (κ3) is 5.72. The van der Waals surface area contributed by atoms with Crippen molar-refractivity contribution >= 4 is 46.2 Å². The molecule has 1 amide bonds. The van der Waals surface area contributed by atoms with Crippen LogP contribution in [-0.2, 0) is 11.4 Å². The standard InChI is InChI=1S/C26H22ClN3O2S/c1-3-13-30-25(31)24(33-26(30)29-23-11-12-28-16-22(23)27)15-20-5-4-6-21(14-20)32-17-19-9-7-18(2)8-10-19/h3-12,14-16H,1,13,17H2,2H3/b24-15-,29-26?. The normalized spacial score (nSPS) is 15.9. The molecule has 1 fully saturated rings. The Bertz CT molecular complexity index is 1240. The number of aromatic nitrogens is 1. The van der Waals surface area contributed by atoms with Crippen LogP contribution in [0.3, 0.4) is 0 Å². The zero-order chi connectivity index (χ0) is 23.2. The second kappa shape index (κ2) is 10.5. The van der Waals surface area contributed by atoms with Gasteiger partial charge in [-0.1, -0.05) is 59.6 Å². The molecule has 1 aromatic heterocycles. The molecule has 0 bridgehead atoms. The van der Waals surface area contributed by atoms with E-state index in [1.165, 1.54) is 23.5 Å². The Balaban J connectivity index is 1.55. The van der Waals surface area contributed by atoms with Crippen molar-refractivity contribution in [2.75, 3.05) is 6.54 Å². The summed E-state index contributed by atoms with van der Waals surface area (Å²) >= 11 is 7.50. The Kier molecular flexibility index (Phi) is 7.27. The smallest absolute Gasteiger partial charge is 0.267 e. The summed E-state index contributed by atoms with van der Waals surface area (Å²) in [5.74, 6) is 0.607. The minimum atomic E-state index is -0.130. The first-order valence-electron chi connectivity index (χ1n) is 10.3. The van der Waals surface area contributed by atoms with E-state index in [-0.39, 0.29) is 5.91 Å². The Morgan fingerprint density at radius 3 is 2.79 bits per heavy atom. The number of amides is 1. The lowest BCUT2D eigenvalue weighted by molar-refractivity contribution is -0.121. The lowest BCUT2D eigenvalue weighted by Gasteiger charge is -2.12. The molecule has 7 heteroatoms. The number of thioether (sulfide) groups is 1. The lowest BCUT2D eigenvalue weighted by atomic mass is 10.1. The molecule has 0 radical (unpaired) electrons. The van der Waals surface area contributed by atoms with Gasteiger partial charge >= 0.3 is 0 Å². The Morgan fingerprint density at radius 1 is 1.21 bits per heavy atom. The number of hydrogen-bond acceptors (Lipinski definition) is 5. The van der Waals surface area contributed by atoms with Crippen LogP contribution in [0.15, 0.2) is 89.5 Å². The summed E-state index contributed by atoms with van der Waals surface area (Å²) in [5, 5.41) is 0.971. The summed E-state index contributed by atoms with van der Waals surface area (Å²) in [4.78, 5) is 23.8. The number of pyridine rings is 1. The first-order valence-corrected chi connectivity index (χ1v) is 11.5. The van der Waals surface area contributed by atoms with Crippen LogP contribution in [0.1, 0.15) is 16.7 Å². The molecule has 33 heavy (non-hydrogen) atoms. The number of ether oxygens (including phenoxy) is 1. The summed E-state index contributed by atoms with van der Waals surface area (Å²) in [6.45, 7) is 6.64. The predicted octanol–water partition coefficient (Wildman–Crippen LogP) is 6.41. The molecule has 1 saturated heterocycles. The van der Waals surface area contributed by atoms with Crippen LogP contribution in [-0.4, -0.2) is 27.5 Å². The summed E-state index contributed by atoms with van der Waals surface area (Å²) in [7, 11) is 0. The number of carbonyl (C=O) groups excluding carboxylic acids is 1. The molecule has 0 aliphatic carbocycles. The van der Waals surface area contributed by atoms with Crippen LogP contribution < -0.4 is 4.74 Å². The van der Waals surface area contributed by atoms with Gasteiger partial charge < -0.3 is 4.74 Å². The molecule has 0 saturated carbocycles. The molecule has 1 aliphatic rings. The van der Waals surface area contributed by atoms with E-state index in [2.05, 4.69) is 47.7 Å². The highest BCUT2D eigenvalue weighted by Gasteiger charge is 2.32. The Morgan fingerprint density at radius 2 is 2.03 bits per heavy atom. The number of benzene rings is 2. The molecule has 2 heterocycles. The van der Waals surface area contributed by atoms with E-state index >= 15 is 0 Å². The maximum atomic E-state index is 13.0. The highest BCUT2D eigenvalue weighted by Crippen LogP contribution is 2.35. The maximum Gasteiger partial charge on any atom is 0.267 e. The average molecular weight is 476 g/mol. The van der Waals surface area contributed by atoms with Gasteiger partial charge in [-0.2, -0.15) is 0 Å². The quantitative estimate of drug-likeness (QED) is 0.292. The van der Waals surface area contributed by atoms with E-state index in [1.54, 1.807) is 23.2 Å². The number of amidine groups is 1. The number of halogens is 1. The number of aryl methyl sites for hydroxylation is 1. The molecule has 5 nitrogen and oxygen atoms in total. The molecule has 4 rings (SSSR count). The number of carbonyl (C=O) groups is 1. The second-order valence-electron chi connectivity index (χ2n) is 7.38. The highest BCUT2D eigenvalue weighted by atomic mass is 35.5. The SMILES string of the molecule is C=CCN1C(=O)/C(=C/c2cccc(OCc3ccc(C)cc3)c2)SC1=Nc1ccncc1Cl. The molecular weight excluding hydrogens is 454 g/mol. The van der Waals surface area contributed by atoms with Crippen molar-refractivity contribution in [1.82, 2.24) is 9.88 Å². The van der Waals surface area contributed by atoms with Crippen molar-refractivity contribution in [3.05, 3.63) is 106 Å². The summed E-state index contributed by atoms with van der Waals surface area (Å²) in [5.41, 5.74) is 3.74. The largest absolute Gasteiger partial charge is 0.489 e. The molecule has 3 aromatic rings. The van der Waals surface area contributed by atoms with E-state index in [0.717, 1.165) is 16.9 Å². The number of aliphatic imine (C=N–C) groups is 1. The van der Waals surface area contributed by atoms with Crippen LogP contribution in [0, 0.1) is 6.92 Å². The van der Waals surface area contributed by atoms with Gasteiger partial charge in [0, 0.05) is 18.9 Å². The first-order chi connectivity index (χ1) is 16.0. The minimum Gasteiger partial charge on any atom is -0.489 e. The van der Waals surface area contributed by atoms with E-state index < -0.39 is 0 Å². The van der Waals surface area contributed by atoms with E-state index in [4.69, 9.17) is 16.3 Å². The van der Waals surface area contributed by atoms with Crippen LogP contribution in [0.2, 0.25) is 5.02 Å². The van der Waals surface area contributed by atoms with Crippen molar-refractivity contribution in [1.29, 1.82) is 0 Å². The number of hydrogen-bond donors (Lipinski definition) is 0. The van der Waals surface area contributed by atoms with Crippen molar-refractivity contribution in [3.8, 4) is 5.75 Å². The molecule has 2 aromatic carbocycles. The monoisotopic (exact) mass is 475 g/mol. The van der Waals surface area contributed by atoms with Gasteiger partial charge in [-0.25, -0.2) is 4.99 Å². The molecule has 0 atom stereocenters. The molecule has 0 spiro atoms. The fraction of sp³-hybridized carbons (Fsp3) is 0.115. The van der Waals surface area contributed by atoms with Crippen LogP contribution in [0.25, 0.3) is 6.08 Å². The zero-order valence-electron chi connectivity index (χ0n) is 18.1. The van der Waals surface area contributed by atoms with E-state index in [9.17, 15) is 4.79 Å². The zero-order valence-corrected chi connectivity index (χ0v) is 19.6. The molecule has 0 N–H and O–H groups in total. The first kappa shape index (κ1) is 22.8. The number of rotatable bonds is 7. The molecule has 166 valence electrons.